The number of benzene rings is 2. The molecule has 0 aliphatic carbocycles. The van der Waals surface area contributed by atoms with Gasteiger partial charge in [-0.25, -0.2) is 0 Å². The Kier molecular flexibility index (Phi) is 5.12. The van der Waals surface area contributed by atoms with Crippen LogP contribution >= 0.6 is 11.6 Å². The second kappa shape index (κ2) is 7.85. The number of hydrogen-bond acceptors (Lipinski definition) is 6. The summed E-state index contributed by atoms with van der Waals surface area (Å²) in [5.74, 6) is 1.48. The van der Waals surface area contributed by atoms with E-state index in [4.69, 9.17) is 21.1 Å². The van der Waals surface area contributed by atoms with Gasteiger partial charge in [-0.15, -0.1) is 10.2 Å². The highest BCUT2D eigenvalue weighted by Crippen LogP contribution is 2.32. The van der Waals surface area contributed by atoms with E-state index in [9.17, 15) is 4.79 Å². The molecule has 0 saturated heterocycles. The van der Waals surface area contributed by atoms with Gasteiger partial charge in [0.05, 0.1) is 0 Å². The number of ether oxygens (including phenoxy) is 2. The predicted octanol–water partition coefficient (Wildman–Crippen LogP) is 3.35. The van der Waals surface area contributed by atoms with Crippen molar-refractivity contribution in [2.75, 3.05) is 18.5 Å². The number of rotatable bonds is 5. The van der Waals surface area contributed by atoms with Gasteiger partial charge in [-0.2, -0.15) is 4.80 Å². The van der Waals surface area contributed by atoms with Gasteiger partial charge < -0.3 is 14.8 Å². The van der Waals surface area contributed by atoms with E-state index in [0.29, 0.717) is 47.7 Å². The number of tetrazole rings is 1. The number of aromatic nitrogens is 4. The van der Waals surface area contributed by atoms with Gasteiger partial charge in [0.2, 0.25) is 5.82 Å². The average molecular weight is 400 g/mol. The highest BCUT2D eigenvalue weighted by atomic mass is 35.5. The molecule has 9 heteroatoms. The van der Waals surface area contributed by atoms with Crippen LogP contribution in [0.15, 0.2) is 42.5 Å². The van der Waals surface area contributed by atoms with Gasteiger partial charge in [0.1, 0.15) is 13.2 Å². The summed E-state index contributed by atoms with van der Waals surface area (Å²) in [6, 6.07) is 11.8. The SMILES string of the molecule is CCC(C(=O)Nc1ccc2c(c1)OCCO2)n1nnc(-c2ccc(Cl)cc2)n1. The number of halogens is 1. The lowest BCUT2D eigenvalue weighted by molar-refractivity contribution is -0.119. The smallest absolute Gasteiger partial charge is 0.251 e. The van der Waals surface area contributed by atoms with Crippen LogP contribution in [0.2, 0.25) is 5.02 Å². The molecule has 28 heavy (non-hydrogen) atoms. The number of fused-ring (bicyclic) bond motifs is 1. The molecule has 8 nitrogen and oxygen atoms in total. The second-order valence-electron chi connectivity index (χ2n) is 6.21. The van der Waals surface area contributed by atoms with Gasteiger partial charge >= 0.3 is 0 Å². The van der Waals surface area contributed by atoms with Crippen molar-refractivity contribution in [1.82, 2.24) is 20.2 Å². The first-order valence-electron chi connectivity index (χ1n) is 8.90. The molecule has 0 spiro atoms. The van der Waals surface area contributed by atoms with Crippen LogP contribution in [-0.4, -0.2) is 39.3 Å². The summed E-state index contributed by atoms with van der Waals surface area (Å²) in [6.45, 7) is 2.89. The monoisotopic (exact) mass is 399 g/mol. The van der Waals surface area contributed by atoms with E-state index >= 15 is 0 Å². The molecule has 1 aliphatic heterocycles. The molecule has 144 valence electrons. The number of anilines is 1. The summed E-state index contributed by atoms with van der Waals surface area (Å²) < 4.78 is 11.0. The Labute approximate surface area is 166 Å². The number of carbonyl (C=O) groups is 1. The fraction of sp³-hybridized carbons (Fsp3) is 0.263. The maximum Gasteiger partial charge on any atom is 0.251 e. The van der Waals surface area contributed by atoms with Crippen LogP contribution in [0.5, 0.6) is 11.5 Å². The zero-order valence-corrected chi connectivity index (χ0v) is 15.9. The summed E-state index contributed by atoms with van der Waals surface area (Å²) in [6.07, 6.45) is 0.507. The van der Waals surface area contributed by atoms with Crippen molar-refractivity contribution >= 4 is 23.2 Å². The molecule has 1 unspecified atom stereocenters. The molecule has 0 fully saturated rings. The quantitative estimate of drug-likeness (QED) is 0.707. The van der Waals surface area contributed by atoms with Crippen LogP contribution in [0.1, 0.15) is 19.4 Å². The molecule has 1 aliphatic rings. The third kappa shape index (κ3) is 3.77. The zero-order chi connectivity index (χ0) is 19.5. The van der Waals surface area contributed by atoms with Gasteiger partial charge in [0.25, 0.3) is 5.91 Å². The Morgan fingerprint density at radius 1 is 1.18 bits per heavy atom. The number of nitrogens with one attached hydrogen (secondary N) is 1. The van der Waals surface area contributed by atoms with E-state index in [-0.39, 0.29) is 5.91 Å². The van der Waals surface area contributed by atoms with E-state index in [1.807, 2.05) is 6.92 Å². The highest BCUT2D eigenvalue weighted by molar-refractivity contribution is 6.30. The van der Waals surface area contributed by atoms with Gasteiger partial charge in [-0.3, -0.25) is 4.79 Å². The largest absolute Gasteiger partial charge is 0.486 e. The zero-order valence-electron chi connectivity index (χ0n) is 15.1. The number of nitrogens with zero attached hydrogens (tertiary/aromatic N) is 4. The van der Waals surface area contributed by atoms with Crippen LogP contribution in [0.3, 0.4) is 0 Å². The van der Waals surface area contributed by atoms with Gasteiger partial charge in [0.15, 0.2) is 17.5 Å². The van der Waals surface area contributed by atoms with E-state index in [0.717, 1.165) is 5.56 Å². The van der Waals surface area contributed by atoms with Gasteiger partial charge in [0, 0.05) is 22.3 Å². The lowest BCUT2D eigenvalue weighted by Gasteiger charge is -2.19. The van der Waals surface area contributed by atoms with Crippen molar-refractivity contribution in [2.24, 2.45) is 0 Å². The summed E-state index contributed by atoms with van der Waals surface area (Å²) in [5.41, 5.74) is 1.39. The molecule has 2 aromatic carbocycles. The minimum Gasteiger partial charge on any atom is -0.486 e. The number of hydrogen-bond donors (Lipinski definition) is 1. The fourth-order valence-electron chi connectivity index (χ4n) is 2.87. The van der Waals surface area contributed by atoms with Crippen LogP contribution in [-0.2, 0) is 4.79 Å². The molecule has 1 aromatic heterocycles. The fourth-order valence-corrected chi connectivity index (χ4v) is 3.00. The maximum atomic E-state index is 12.8. The Morgan fingerprint density at radius 2 is 1.93 bits per heavy atom. The molecule has 4 rings (SSSR count). The van der Waals surface area contributed by atoms with Crippen molar-refractivity contribution in [2.45, 2.75) is 19.4 Å². The maximum absolute atomic E-state index is 12.8. The molecule has 0 bridgehead atoms. The normalized spacial score (nSPS) is 13.8. The molecule has 1 atom stereocenters. The Morgan fingerprint density at radius 3 is 2.68 bits per heavy atom. The first-order valence-corrected chi connectivity index (χ1v) is 9.28. The standard InChI is InChI=1S/C19H18ClN5O3/c1-2-15(25-23-18(22-24-25)12-3-5-13(20)6-4-12)19(26)21-14-7-8-16-17(11-14)28-10-9-27-16/h3-8,11,15H,2,9-10H2,1H3,(H,21,26). The molecular weight excluding hydrogens is 382 g/mol. The molecule has 1 N–H and O–H groups in total. The summed E-state index contributed by atoms with van der Waals surface area (Å²) in [4.78, 5) is 14.1. The summed E-state index contributed by atoms with van der Waals surface area (Å²) >= 11 is 5.91. The number of carbonyl (C=O) groups excluding carboxylic acids is 1. The lowest BCUT2D eigenvalue weighted by atomic mass is 10.2. The van der Waals surface area contributed by atoms with Crippen molar-refractivity contribution in [1.29, 1.82) is 0 Å². The van der Waals surface area contributed by atoms with E-state index in [1.54, 1.807) is 42.5 Å². The van der Waals surface area contributed by atoms with Crippen LogP contribution in [0.25, 0.3) is 11.4 Å². The van der Waals surface area contributed by atoms with E-state index in [1.165, 1.54) is 4.80 Å². The first-order chi connectivity index (χ1) is 13.6. The average Bonchev–Trinajstić information content (AvgIpc) is 3.19. The molecule has 0 saturated carbocycles. The Hall–Kier alpha value is -3.13. The highest BCUT2D eigenvalue weighted by Gasteiger charge is 2.23. The van der Waals surface area contributed by atoms with E-state index in [2.05, 4.69) is 20.7 Å². The third-order valence-electron chi connectivity index (χ3n) is 4.31. The number of amides is 1. The molecule has 2 heterocycles. The summed E-state index contributed by atoms with van der Waals surface area (Å²) in [7, 11) is 0. The minimum atomic E-state index is -0.596. The van der Waals surface area contributed by atoms with Crippen LogP contribution < -0.4 is 14.8 Å². The third-order valence-corrected chi connectivity index (χ3v) is 4.56. The van der Waals surface area contributed by atoms with Crippen molar-refractivity contribution < 1.29 is 14.3 Å². The second-order valence-corrected chi connectivity index (χ2v) is 6.65. The Balaban J connectivity index is 1.51. The molecule has 1 amide bonds. The molecule has 0 radical (unpaired) electrons. The van der Waals surface area contributed by atoms with Crippen molar-refractivity contribution in [3.8, 4) is 22.9 Å². The van der Waals surface area contributed by atoms with Crippen molar-refractivity contribution in [3.63, 3.8) is 0 Å². The van der Waals surface area contributed by atoms with Gasteiger partial charge in [-0.1, -0.05) is 18.5 Å². The predicted molar refractivity (Wildman–Crippen MR) is 104 cm³/mol. The molecule has 3 aromatic rings. The van der Waals surface area contributed by atoms with Gasteiger partial charge in [-0.05, 0) is 48.0 Å². The Bertz CT molecular complexity index is 989. The summed E-state index contributed by atoms with van der Waals surface area (Å²) in [5, 5.41) is 16.0. The van der Waals surface area contributed by atoms with Crippen LogP contribution in [0, 0.1) is 0 Å². The van der Waals surface area contributed by atoms with Crippen LogP contribution in [0.4, 0.5) is 5.69 Å². The topological polar surface area (TPSA) is 91.2 Å². The van der Waals surface area contributed by atoms with E-state index < -0.39 is 6.04 Å². The minimum absolute atomic E-state index is 0.237. The molecular formula is C19H18ClN5O3. The lowest BCUT2D eigenvalue weighted by Crippen LogP contribution is -2.27. The first kappa shape index (κ1) is 18.2. The van der Waals surface area contributed by atoms with Crippen molar-refractivity contribution in [3.05, 3.63) is 47.5 Å².